The van der Waals surface area contributed by atoms with Gasteiger partial charge >= 0.3 is 0 Å². The van der Waals surface area contributed by atoms with Crippen LogP contribution >= 0.6 is 0 Å². The average molecular weight is 135 g/mol. The van der Waals surface area contributed by atoms with Crippen molar-refractivity contribution in [3.8, 4) is 6.07 Å². The van der Waals surface area contributed by atoms with Crippen LogP contribution in [-0.2, 0) is 0 Å². The third kappa shape index (κ3) is 0.831. The largest absolute Gasteiger partial charge is 0.198 e. The number of nitriles is 1. The summed E-state index contributed by atoms with van der Waals surface area (Å²) in [6.07, 6.45) is 6.65. The minimum Gasteiger partial charge on any atom is -0.198 e. The third-order valence-corrected chi connectivity index (χ3v) is 3.17. The quantitative estimate of drug-likeness (QED) is 0.500. The first-order valence-electron chi connectivity index (χ1n) is 4.30. The summed E-state index contributed by atoms with van der Waals surface area (Å²) in [6.45, 7) is 0. The normalized spacial score (nSPS) is 44.9. The van der Waals surface area contributed by atoms with Crippen molar-refractivity contribution in [3.63, 3.8) is 0 Å². The topological polar surface area (TPSA) is 23.8 Å². The molecule has 1 nitrogen and oxygen atoms in total. The van der Waals surface area contributed by atoms with Crippen molar-refractivity contribution in [3.05, 3.63) is 0 Å². The Bertz CT molecular complexity index is 156. The van der Waals surface area contributed by atoms with Crippen LogP contribution in [0.4, 0.5) is 0 Å². The molecule has 54 valence electrons. The Kier molecular flexibility index (Phi) is 1.41. The van der Waals surface area contributed by atoms with E-state index in [0.29, 0.717) is 5.92 Å². The van der Waals surface area contributed by atoms with E-state index in [1.807, 2.05) is 0 Å². The van der Waals surface area contributed by atoms with E-state index in [9.17, 15) is 0 Å². The summed E-state index contributed by atoms with van der Waals surface area (Å²) in [5.74, 6) is 2.28. The van der Waals surface area contributed by atoms with E-state index in [-0.39, 0.29) is 0 Å². The molecule has 10 heavy (non-hydrogen) atoms. The van der Waals surface area contributed by atoms with Crippen molar-refractivity contribution >= 4 is 0 Å². The molecule has 2 aliphatic rings. The van der Waals surface area contributed by atoms with Crippen molar-refractivity contribution in [2.24, 2.45) is 17.8 Å². The summed E-state index contributed by atoms with van der Waals surface area (Å²) in [5.41, 5.74) is 0. The molecule has 0 bridgehead atoms. The maximum absolute atomic E-state index is 8.67. The minimum atomic E-state index is 0.412. The summed E-state index contributed by atoms with van der Waals surface area (Å²) in [7, 11) is 0. The number of nitrogens with zero attached hydrogens (tertiary/aromatic N) is 1. The lowest BCUT2D eigenvalue weighted by Gasteiger charge is -2.04. The van der Waals surface area contributed by atoms with Gasteiger partial charge < -0.3 is 0 Å². The molecule has 0 heterocycles. The average Bonchev–Trinajstić information content (AvgIpc) is 2.42. The summed E-state index contributed by atoms with van der Waals surface area (Å²) < 4.78 is 0. The Balaban J connectivity index is 2.01. The first kappa shape index (κ1) is 6.22. The van der Waals surface area contributed by atoms with Crippen LogP contribution in [0.1, 0.15) is 32.1 Å². The zero-order valence-electron chi connectivity index (χ0n) is 6.21. The Morgan fingerprint density at radius 2 is 1.70 bits per heavy atom. The van der Waals surface area contributed by atoms with Crippen LogP contribution < -0.4 is 0 Å². The fraction of sp³-hybridized carbons (Fsp3) is 0.889. The van der Waals surface area contributed by atoms with Gasteiger partial charge in [0.2, 0.25) is 0 Å². The SMILES string of the molecule is N#CC1C[C@H]2CCC[C@H]2C1. The standard InChI is InChI=1S/C9H13N/c10-6-7-4-8-2-1-3-9(8)5-7/h7-9H,1-5H2/t7?,8-,9+. The Hall–Kier alpha value is -0.510. The summed E-state index contributed by atoms with van der Waals surface area (Å²) in [4.78, 5) is 0. The number of hydrogen-bond donors (Lipinski definition) is 0. The zero-order chi connectivity index (χ0) is 6.97. The second-order valence-corrected chi connectivity index (χ2v) is 3.75. The molecule has 0 saturated heterocycles. The maximum Gasteiger partial charge on any atom is 0.0655 e. The van der Waals surface area contributed by atoms with E-state index in [4.69, 9.17) is 5.26 Å². The number of fused-ring (bicyclic) bond motifs is 1. The van der Waals surface area contributed by atoms with Crippen LogP contribution in [0.3, 0.4) is 0 Å². The van der Waals surface area contributed by atoms with Crippen molar-refractivity contribution in [1.29, 1.82) is 5.26 Å². The van der Waals surface area contributed by atoms with Crippen molar-refractivity contribution in [1.82, 2.24) is 0 Å². The molecule has 0 aromatic heterocycles. The van der Waals surface area contributed by atoms with Gasteiger partial charge in [0.05, 0.1) is 6.07 Å². The molecule has 0 aliphatic heterocycles. The van der Waals surface area contributed by atoms with Crippen molar-refractivity contribution in [2.45, 2.75) is 32.1 Å². The van der Waals surface area contributed by atoms with E-state index >= 15 is 0 Å². The molecule has 1 heteroatoms. The highest BCUT2D eigenvalue weighted by Crippen LogP contribution is 2.46. The van der Waals surface area contributed by atoms with Crippen LogP contribution in [0.15, 0.2) is 0 Å². The highest BCUT2D eigenvalue weighted by atomic mass is 14.4. The monoisotopic (exact) mass is 135 g/mol. The predicted molar refractivity (Wildman–Crippen MR) is 39.2 cm³/mol. The molecule has 0 spiro atoms. The van der Waals surface area contributed by atoms with Crippen LogP contribution in [0.5, 0.6) is 0 Å². The molecule has 3 atom stereocenters. The molecule has 2 aliphatic carbocycles. The number of rotatable bonds is 0. The summed E-state index contributed by atoms with van der Waals surface area (Å²) in [6, 6.07) is 2.39. The first-order valence-corrected chi connectivity index (χ1v) is 4.30. The van der Waals surface area contributed by atoms with E-state index < -0.39 is 0 Å². The lowest BCUT2D eigenvalue weighted by Crippen LogP contribution is -1.95. The van der Waals surface area contributed by atoms with Gasteiger partial charge in [0.1, 0.15) is 0 Å². The molecule has 0 aromatic rings. The summed E-state index contributed by atoms with van der Waals surface area (Å²) >= 11 is 0. The Labute approximate surface area is 62.0 Å². The number of hydrogen-bond acceptors (Lipinski definition) is 1. The van der Waals surface area contributed by atoms with Crippen molar-refractivity contribution in [2.75, 3.05) is 0 Å². The molecule has 1 unspecified atom stereocenters. The second kappa shape index (κ2) is 2.27. The van der Waals surface area contributed by atoms with Gasteiger partial charge in [-0.15, -0.1) is 0 Å². The van der Waals surface area contributed by atoms with E-state index in [1.165, 1.54) is 32.1 Å². The fourth-order valence-electron chi connectivity index (χ4n) is 2.67. The molecular weight excluding hydrogens is 122 g/mol. The molecule has 0 N–H and O–H groups in total. The molecule has 0 aromatic carbocycles. The van der Waals surface area contributed by atoms with E-state index in [0.717, 1.165) is 11.8 Å². The lowest BCUT2D eigenvalue weighted by atomic mass is 10.0. The molecule has 2 rings (SSSR count). The van der Waals surface area contributed by atoms with E-state index in [1.54, 1.807) is 0 Å². The summed E-state index contributed by atoms with van der Waals surface area (Å²) in [5, 5.41) is 8.67. The third-order valence-electron chi connectivity index (χ3n) is 3.17. The molecular formula is C9H13N. The van der Waals surface area contributed by atoms with Gasteiger partial charge in [-0.3, -0.25) is 0 Å². The lowest BCUT2D eigenvalue weighted by molar-refractivity contribution is 0.457. The van der Waals surface area contributed by atoms with Gasteiger partial charge in [-0.1, -0.05) is 19.3 Å². The molecule has 0 radical (unpaired) electrons. The smallest absolute Gasteiger partial charge is 0.0655 e. The maximum atomic E-state index is 8.67. The van der Waals surface area contributed by atoms with Crippen LogP contribution in [0.25, 0.3) is 0 Å². The second-order valence-electron chi connectivity index (χ2n) is 3.75. The van der Waals surface area contributed by atoms with Crippen LogP contribution in [0.2, 0.25) is 0 Å². The zero-order valence-corrected chi connectivity index (χ0v) is 6.21. The fourth-order valence-corrected chi connectivity index (χ4v) is 2.67. The highest BCUT2D eigenvalue weighted by Gasteiger charge is 2.36. The van der Waals surface area contributed by atoms with Crippen molar-refractivity contribution < 1.29 is 0 Å². The predicted octanol–water partition coefficient (Wildman–Crippen LogP) is 2.34. The van der Waals surface area contributed by atoms with E-state index in [2.05, 4.69) is 6.07 Å². The minimum absolute atomic E-state index is 0.412. The van der Waals surface area contributed by atoms with Gasteiger partial charge in [-0.05, 0) is 24.7 Å². The highest BCUT2D eigenvalue weighted by molar-refractivity contribution is 4.96. The van der Waals surface area contributed by atoms with Gasteiger partial charge in [0, 0.05) is 5.92 Å². The van der Waals surface area contributed by atoms with Gasteiger partial charge in [-0.25, -0.2) is 0 Å². The molecule has 0 amide bonds. The van der Waals surface area contributed by atoms with Crippen LogP contribution in [0, 0.1) is 29.1 Å². The molecule has 2 fully saturated rings. The Morgan fingerprint density at radius 3 is 2.20 bits per heavy atom. The first-order chi connectivity index (χ1) is 4.90. The van der Waals surface area contributed by atoms with Crippen LogP contribution in [-0.4, -0.2) is 0 Å². The Morgan fingerprint density at radius 1 is 1.10 bits per heavy atom. The van der Waals surface area contributed by atoms with Gasteiger partial charge in [0.25, 0.3) is 0 Å². The van der Waals surface area contributed by atoms with Gasteiger partial charge in [0.15, 0.2) is 0 Å². The van der Waals surface area contributed by atoms with Gasteiger partial charge in [-0.2, -0.15) is 5.26 Å². The molecule has 2 saturated carbocycles.